The van der Waals surface area contributed by atoms with Crippen LogP contribution >= 0.6 is 0 Å². The van der Waals surface area contributed by atoms with Gasteiger partial charge in [0.2, 0.25) is 0 Å². The van der Waals surface area contributed by atoms with Crippen LogP contribution in [0, 0.1) is 175 Å². The average Bonchev–Trinajstić information content (AvgIpc) is 3.31. The molecule has 0 amide bonds. The van der Waals surface area contributed by atoms with Crippen LogP contribution in [0.1, 0.15) is 0 Å². The van der Waals surface area contributed by atoms with E-state index in [1.165, 1.54) is 0 Å². The lowest BCUT2D eigenvalue weighted by molar-refractivity contribution is 0.370. The molecule has 0 atom stereocenters. The van der Waals surface area contributed by atoms with E-state index in [9.17, 15) is 26.3 Å². The maximum atomic E-state index is 16.4. The van der Waals surface area contributed by atoms with E-state index in [1.807, 2.05) is 0 Å². The number of rotatable bonds is 8. The number of halogens is 30. The van der Waals surface area contributed by atoms with Crippen molar-refractivity contribution in [2.45, 2.75) is 0 Å². The molecular weight excluding hydrogens is 1040 g/mol. The first-order chi connectivity index (χ1) is 31.8. The molecule has 0 unspecified atom stereocenters. The van der Waals surface area contributed by atoms with Gasteiger partial charge in [-0.05, 0) is 0 Å². The summed E-state index contributed by atoms with van der Waals surface area (Å²) in [5.41, 5.74) is -26.2. The normalized spacial score (nSPS) is 12.3. The summed E-state index contributed by atoms with van der Waals surface area (Å²) in [6, 6.07) is 0. The summed E-state index contributed by atoms with van der Waals surface area (Å²) >= 11 is 0. The lowest BCUT2D eigenvalue weighted by Crippen LogP contribution is -2.85. The van der Waals surface area contributed by atoms with Gasteiger partial charge in [0.1, 0.15) is 69.8 Å². The molecule has 0 aromatic heterocycles. The second kappa shape index (κ2) is 17.1. The Morgan fingerprint density at radius 2 is 0.203 bits per heavy atom. The fourth-order valence-electron chi connectivity index (χ4n) is 7.45. The summed E-state index contributed by atoms with van der Waals surface area (Å²) in [5, 5.41) is 0. The van der Waals surface area contributed by atoms with E-state index in [4.69, 9.17) is 0 Å². The van der Waals surface area contributed by atoms with Crippen LogP contribution in [0.2, 0.25) is 0 Å². The van der Waals surface area contributed by atoms with Crippen LogP contribution in [0.15, 0.2) is 0 Å². The molecule has 33 heteroatoms. The fourth-order valence-corrected chi connectivity index (χ4v) is 7.45. The summed E-state index contributed by atoms with van der Waals surface area (Å²) < 4.78 is 472. The summed E-state index contributed by atoms with van der Waals surface area (Å²) in [6.45, 7) is 0. The fraction of sp³-hybridized carbons (Fsp3) is 0. The third-order valence-corrected chi connectivity index (χ3v) is 10.3. The first-order valence-electron chi connectivity index (χ1n) is 16.9. The molecule has 0 fully saturated rings. The standard InChI is InChI=1S/C36B2F30O/c39-7-1(8(40)20(52)31(63)19(7)51)37(2-9(41)21(53)32(64)22(54)10(2)42,3-11(43)23(55)33(65)24(56)12(3)44)69-38(4-13(45)25(57)34(66)26(58)14(4)46,5-15(47)27(59)35(67)28(60)16(5)48)6-17(49)29(61)36(68)30(62)18(6)50/q-2. The van der Waals surface area contributed by atoms with Gasteiger partial charge in [0.15, 0.2) is 117 Å². The summed E-state index contributed by atoms with van der Waals surface area (Å²) in [6.07, 6.45) is -17.2. The van der Waals surface area contributed by atoms with E-state index in [-0.39, 0.29) is 0 Å². The summed E-state index contributed by atoms with van der Waals surface area (Å²) in [7, 11) is 0. The predicted molar refractivity (Wildman–Crippen MR) is 168 cm³/mol. The largest absolute Gasteiger partial charge is 0.797 e. The molecule has 0 aliphatic rings. The highest BCUT2D eigenvalue weighted by atomic mass is 19.2. The zero-order valence-electron chi connectivity index (χ0n) is 30.9. The van der Waals surface area contributed by atoms with Gasteiger partial charge in [-0.3, -0.25) is 0 Å². The van der Waals surface area contributed by atoms with Crippen LogP contribution in [-0.2, 0) is 4.57 Å². The molecule has 6 aromatic rings. The molecule has 0 saturated carbocycles. The van der Waals surface area contributed by atoms with Gasteiger partial charge in [-0.1, -0.05) is 32.8 Å². The van der Waals surface area contributed by atoms with Crippen LogP contribution in [0.25, 0.3) is 0 Å². The van der Waals surface area contributed by atoms with E-state index in [0.717, 1.165) is 0 Å². The minimum absolute atomic E-state index is 3.79. The average molecular weight is 1040 g/mol. The van der Waals surface area contributed by atoms with Crippen LogP contribution in [-0.4, -0.2) is 12.7 Å². The Morgan fingerprint density at radius 3 is 0.290 bits per heavy atom. The highest BCUT2D eigenvalue weighted by Crippen LogP contribution is 2.35. The molecule has 0 aliphatic carbocycles. The number of hydrogen-bond donors (Lipinski definition) is 0. The van der Waals surface area contributed by atoms with Crippen molar-refractivity contribution in [1.29, 1.82) is 0 Å². The molecule has 0 heterocycles. The Hall–Kier alpha value is -6.69. The van der Waals surface area contributed by atoms with Crippen molar-refractivity contribution in [2.24, 2.45) is 0 Å². The topological polar surface area (TPSA) is 9.23 Å². The van der Waals surface area contributed by atoms with Crippen molar-refractivity contribution in [3.05, 3.63) is 175 Å². The van der Waals surface area contributed by atoms with Crippen LogP contribution in [0.4, 0.5) is 132 Å². The Morgan fingerprint density at radius 1 is 0.130 bits per heavy atom. The van der Waals surface area contributed by atoms with Gasteiger partial charge >= 0.3 is 0 Å². The maximum absolute atomic E-state index is 16.4. The Bertz CT molecular complexity index is 2560. The SMILES string of the molecule is Fc1c(F)c(F)c([B-](O[B-](c2c(F)c(F)c(F)c(F)c2F)(c2c(F)c(F)c(F)c(F)c2F)c2c(F)c(F)c(F)c(F)c2F)(c2c(F)c(F)c(F)c(F)c2F)c2c(F)c(F)c(F)c(F)c2F)c(F)c1F. The third-order valence-electron chi connectivity index (χ3n) is 10.3. The highest BCUT2D eigenvalue weighted by molar-refractivity contribution is 7.18. The van der Waals surface area contributed by atoms with Crippen molar-refractivity contribution in [3.63, 3.8) is 0 Å². The monoisotopic (exact) mass is 1040 g/mol. The van der Waals surface area contributed by atoms with Crippen molar-refractivity contribution in [1.82, 2.24) is 0 Å². The van der Waals surface area contributed by atoms with E-state index in [2.05, 4.69) is 4.57 Å². The molecule has 0 saturated heterocycles. The van der Waals surface area contributed by atoms with Gasteiger partial charge in [-0.2, -0.15) is 0 Å². The van der Waals surface area contributed by atoms with E-state index < -0.39 is 220 Å². The van der Waals surface area contributed by atoms with Gasteiger partial charge in [-0.15, -0.1) is 0 Å². The molecule has 0 aliphatic heterocycles. The van der Waals surface area contributed by atoms with E-state index >= 15 is 105 Å². The minimum atomic E-state index is -8.58. The highest BCUT2D eigenvalue weighted by Gasteiger charge is 2.56. The molecule has 368 valence electrons. The first-order valence-corrected chi connectivity index (χ1v) is 16.9. The van der Waals surface area contributed by atoms with Gasteiger partial charge in [0.25, 0.3) is 0 Å². The van der Waals surface area contributed by atoms with Crippen molar-refractivity contribution < 1.29 is 136 Å². The quantitative estimate of drug-likeness (QED) is 0.0644. The van der Waals surface area contributed by atoms with E-state index in [1.54, 1.807) is 0 Å². The van der Waals surface area contributed by atoms with Crippen LogP contribution in [0.5, 0.6) is 0 Å². The molecule has 1 nitrogen and oxygen atoms in total. The van der Waals surface area contributed by atoms with Crippen molar-refractivity contribution >= 4 is 45.5 Å². The molecule has 6 rings (SSSR count). The van der Waals surface area contributed by atoms with Gasteiger partial charge in [-0.25, -0.2) is 132 Å². The summed E-state index contributed by atoms with van der Waals surface area (Å²) in [5.74, 6) is -124. The molecule has 0 radical (unpaired) electrons. The minimum Gasteiger partial charge on any atom is -0.797 e. The lowest BCUT2D eigenvalue weighted by atomic mass is 9.20. The van der Waals surface area contributed by atoms with Crippen molar-refractivity contribution in [2.75, 3.05) is 0 Å². The van der Waals surface area contributed by atoms with Gasteiger partial charge < -0.3 is 4.57 Å². The van der Waals surface area contributed by atoms with Gasteiger partial charge in [0.05, 0.1) is 0 Å². The van der Waals surface area contributed by atoms with E-state index in [0.29, 0.717) is 0 Å². The second-order valence-corrected chi connectivity index (χ2v) is 13.6. The Kier molecular flexibility index (Phi) is 12.8. The van der Waals surface area contributed by atoms with Crippen LogP contribution < -0.4 is 32.8 Å². The Balaban J connectivity index is 2.29. The molecule has 69 heavy (non-hydrogen) atoms. The van der Waals surface area contributed by atoms with Crippen molar-refractivity contribution in [3.8, 4) is 0 Å². The molecule has 0 N–H and O–H groups in total. The third kappa shape index (κ3) is 6.71. The zero-order chi connectivity index (χ0) is 52.5. The summed E-state index contributed by atoms with van der Waals surface area (Å²) in [4.78, 5) is 0. The van der Waals surface area contributed by atoms with Gasteiger partial charge in [0, 0.05) is 0 Å². The smallest absolute Gasteiger partial charge is 0.200 e. The number of hydrogen-bond acceptors (Lipinski definition) is 1. The molecular formula is C36B2F30O-2. The zero-order valence-corrected chi connectivity index (χ0v) is 30.9. The second-order valence-electron chi connectivity index (χ2n) is 13.6. The first kappa shape index (κ1) is 51.7. The number of benzene rings is 6. The van der Waals surface area contributed by atoms with Crippen LogP contribution in [0.3, 0.4) is 0 Å². The predicted octanol–water partition coefficient (Wildman–Crippen LogP) is 8.51. The Labute approximate surface area is 356 Å². The maximum Gasteiger partial charge on any atom is 0.200 e. The lowest BCUT2D eigenvalue weighted by Gasteiger charge is -2.59. The molecule has 6 aromatic carbocycles. The molecule has 0 spiro atoms. The molecule has 0 bridgehead atoms.